The molecule has 0 aliphatic heterocycles. The van der Waals surface area contributed by atoms with Crippen molar-refractivity contribution in [1.29, 1.82) is 0 Å². The predicted molar refractivity (Wildman–Crippen MR) is 206 cm³/mol. The van der Waals surface area contributed by atoms with Gasteiger partial charge < -0.3 is 38.3 Å². The van der Waals surface area contributed by atoms with Gasteiger partial charge in [-0.2, -0.15) is 0 Å². The number of aromatic nitrogens is 1. The molecule has 7 unspecified atom stereocenters. The van der Waals surface area contributed by atoms with Gasteiger partial charge in [0.1, 0.15) is 23.4 Å². The third-order valence-electron chi connectivity index (χ3n) is 10.3. The lowest BCUT2D eigenvalue weighted by atomic mass is 9.71. The molecule has 0 saturated heterocycles. The highest BCUT2D eigenvalue weighted by atomic mass is 16.6. The summed E-state index contributed by atoms with van der Waals surface area (Å²) in [5.74, 6) is -9.04. The molecule has 1 aromatic carbocycles. The van der Waals surface area contributed by atoms with Crippen molar-refractivity contribution >= 4 is 41.8 Å². The lowest BCUT2D eigenvalue weighted by Gasteiger charge is -2.46. The normalized spacial score (nSPS) is 30.2. The number of nitrogens with zero attached hydrogens (tertiary/aromatic N) is 1. The van der Waals surface area contributed by atoms with E-state index in [-0.39, 0.29) is 16.7 Å². The van der Waals surface area contributed by atoms with E-state index in [2.05, 4.69) is 11.6 Å². The van der Waals surface area contributed by atoms with Gasteiger partial charge in [-0.05, 0) is 31.2 Å². The van der Waals surface area contributed by atoms with Gasteiger partial charge in [0.2, 0.25) is 0 Å². The van der Waals surface area contributed by atoms with Gasteiger partial charge in [-0.3, -0.25) is 29.0 Å². The SMILES string of the molecule is C=C1C(OC(C)=O)C(OC(C)=O)C(OC(=O)c2cccnc2)C(C)(C)C=CC(C)C(OC(C)=O)[C@@]2(O)C[C@@](C)(OC(C)=O)C(OC(=O)c3ccccc3)[C@@H]2C1OC(C)=O. The molecule has 2 aromatic rings. The quantitative estimate of drug-likeness (QED) is 0.210. The Morgan fingerprint density at radius 1 is 0.678 bits per heavy atom. The van der Waals surface area contributed by atoms with Crippen LogP contribution in [-0.2, 0) is 57.1 Å². The third-order valence-corrected chi connectivity index (χ3v) is 10.3. The Morgan fingerprint density at radius 3 is 1.76 bits per heavy atom. The van der Waals surface area contributed by atoms with Crippen LogP contribution < -0.4 is 0 Å². The molecule has 0 amide bonds. The number of fused-ring (bicyclic) bond motifs is 1. The van der Waals surface area contributed by atoms with E-state index in [1.54, 1.807) is 51.1 Å². The van der Waals surface area contributed by atoms with Crippen molar-refractivity contribution in [1.82, 2.24) is 4.98 Å². The molecule has 1 N–H and O–H groups in total. The Morgan fingerprint density at radius 2 is 1.22 bits per heavy atom. The van der Waals surface area contributed by atoms with E-state index in [9.17, 15) is 38.7 Å². The third kappa shape index (κ3) is 10.6. The fourth-order valence-corrected chi connectivity index (χ4v) is 7.99. The minimum atomic E-state index is -2.42. The molecule has 2 aliphatic carbocycles. The number of carbonyl (C=O) groups is 7. The van der Waals surface area contributed by atoms with Gasteiger partial charge in [-0.1, -0.05) is 57.7 Å². The van der Waals surface area contributed by atoms with Crippen LogP contribution in [0.1, 0.15) is 89.5 Å². The van der Waals surface area contributed by atoms with Gasteiger partial charge in [0.15, 0.2) is 24.4 Å². The summed E-state index contributed by atoms with van der Waals surface area (Å²) in [6.45, 7) is 15.8. The number of pyridine rings is 1. The van der Waals surface area contributed by atoms with E-state index >= 15 is 0 Å². The van der Waals surface area contributed by atoms with Crippen LogP contribution in [0.5, 0.6) is 0 Å². The zero-order chi connectivity index (χ0) is 44.0. The van der Waals surface area contributed by atoms with E-state index in [0.717, 1.165) is 34.6 Å². The van der Waals surface area contributed by atoms with Crippen molar-refractivity contribution in [2.75, 3.05) is 0 Å². The fourth-order valence-electron chi connectivity index (χ4n) is 7.99. The topological polar surface area (TPSA) is 217 Å². The standard InChI is InChI=1S/C43H51NO15/c1-23-18-19-41(8,9)38(58-40(51)31-17-14-20-44-21-31)35(55-27(5)47)34(54-26(4)46)24(2)33(53-25(3)45)32-37(57-39(50)30-15-12-11-13-16-30)42(10,59-29(7)49)22-43(32,52)36(23)56-28(6)48/h11-21,23,32-38,52H,2,22H2,1,3-10H3/t23?,32-,33?,34?,35?,36?,37?,38?,42+,43+/m0/s1. The lowest BCUT2D eigenvalue weighted by molar-refractivity contribution is -0.195. The van der Waals surface area contributed by atoms with E-state index in [0.29, 0.717) is 0 Å². The minimum Gasteiger partial charge on any atom is -0.459 e. The molecule has 16 heteroatoms. The summed E-state index contributed by atoms with van der Waals surface area (Å²) in [5.41, 5.74) is -5.96. The number of carbonyl (C=O) groups excluding carboxylic acids is 7. The molecular weight excluding hydrogens is 770 g/mol. The smallest absolute Gasteiger partial charge is 0.340 e. The van der Waals surface area contributed by atoms with E-state index in [1.807, 2.05) is 0 Å². The van der Waals surface area contributed by atoms with Crippen molar-refractivity contribution in [3.05, 3.63) is 90.3 Å². The molecule has 16 nitrogen and oxygen atoms in total. The van der Waals surface area contributed by atoms with Crippen LogP contribution in [0, 0.1) is 17.3 Å². The molecule has 1 heterocycles. The Kier molecular flexibility index (Phi) is 14.2. The molecule has 0 radical (unpaired) electrons. The van der Waals surface area contributed by atoms with Crippen molar-refractivity contribution < 1.29 is 71.8 Å². The maximum absolute atomic E-state index is 13.9. The molecule has 1 saturated carbocycles. The highest BCUT2D eigenvalue weighted by molar-refractivity contribution is 5.90. The van der Waals surface area contributed by atoms with Gasteiger partial charge in [-0.25, -0.2) is 9.59 Å². The van der Waals surface area contributed by atoms with Crippen LogP contribution >= 0.6 is 0 Å². The van der Waals surface area contributed by atoms with Crippen molar-refractivity contribution in [3.8, 4) is 0 Å². The van der Waals surface area contributed by atoms with Crippen LogP contribution in [0.2, 0.25) is 0 Å². The maximum atomic E-state index is 13.9. The molecule has 10 atom stereocenters. The maximum Gasteiger partial charge on any atom is 0.340 e. The molecule has 59 heavy (non-hydrogen) atoms. The monoisotopic (exact) mass is 821 g/mol. The average molecular weight is 822 g/mol. The van der Waals surface area contributed by atoms with E-state index in [1.165, 1.54) is 43.6 Å². The first-order chi connectivity index (χ1) is 27.5. The zero-order valence-electron chi connectivity index (χ0n) is 34.5. The molecule has 4 rings (SSSR count). The summed E-state index contributed by atoms with van der Waals surface area (Å²) in [5, 5.41) is 13.3. The second-order valence-corrected chi connectivity index (χ2v) is 15.6. The summed E-state index contributed by atoms with van der Waals surface area (Å²) in [6.07, 6.45) is -4.99. The Labute approximate surface area is 342 Å². The second-order valence-electron chi connectivity index (χ2n) is 15.6. The molecule has 1 fully saturated rings. The number of aliphatic hydroxyl groups is 1. The van der Waals surface area contributed by atoms with Crippen LogP contribution in [-0.4, -0.2) is 99.7 Å². The largest absolute Gasteiger partial charge is 0.459 e. The molecule has 0 bridgehead atoms. The summed E-state index contributed by atoms with van der Waals surface area (Å²) in [6, 6.07) is 10.7. The van der Waals surface area contributed by atoms with E-state index < -0.39 is 113 Å². The van der Waals surface area contributed by atoms with Gasteiger partial charge in [-0.15, -0.1) is 0 Å². The fraction of sp³-hybridized carbons (Fsp3) is 0.488. The predicted octanol–water partition coefficient (Wildman–Crippen LogP) is 4.42. The first kappa shape index (κ1) is 45.8. The molecule has 318 valence electrons. The second kappa shape index (κ2) is 18.4. The number of rotatable bonds is 9. The first-order valence-corrected chi connectivity index (χ1v) is 18.9. The first-order valence-electron chi connectivity index (χ1n) is 18.9. The van der Waals surface area contributed by atoms with Crippen LogP contribution in [0.3, 0.4) is 0 Å². The number of benzene rings is 1. The molecule has 2 aliphatic rings. The number of hydrogen-bond acceptors (Lipinski definition) is 16. The molecular formula is C43H51NO15. The van der Waals surface area contributed by atoms with E-state index in [4.69, 9.17) is 33.2 Å². The van der Waals surface area contributed by atoms with Crippen LogP contribution in [0.4, 0.5) is 0 Å². The van der Waals surface area contributed by atoms with Gasteiger partial charge in [0.05, 0.1) is 17.0 Å². The van der Waals surface area contributed by atoms with Crippen molar-refractivity contribution in [3.63, 3.8) is 0 Å². The highest BCUT2D eigenvalue weighted by Gasteiger charge is 2.70. The number of esters is 7. The summed E-state index contributed by atoms with van der Waals surface area (Å²) in [4.78, 5) is 96.6. The molecule has 0 spiro atoms. The number of hydrogen-bond donors (Lipinski definition) is 1. The minimum absolute atomic E-state index is 0.0211. The van der Waals surface area contributed by atoms with Gasteiger partial charge in [0, 0.05) is 70.3 Å². The van der Waals surface area contributed by atoms with Gasteiger partial charge >= 0.3 is 41.8 Å². The van der Waals surface area contributed by atoms with Crippen LogP contribution in [0.25, 0.3) is 0 Å². The zero-order valence-corrected chi connectivity index (χ0v) is 34.5. The van der Waals surface area contributed by atoms with Crippen LogP contribution in [0.15, 0.2) is 79.2 Å². The lowest BCUT2D eigenvalue weighted by Crippen LogP contribution is -2.60. The summed E-state index contributed by atoms with van der Waals surface area (Å²) in [7, 11) is 0. The highest BCUT2D eigenvalue weighted by Crippen LogP contribution is 2.54. The Hall–Kier alpha value is -5.90. The Balaban J connectivity index is 2.13. The van der Waals surface area contributed by atoms with Gasteiger partial charge in [0.25, 0.3) is 0 Å². The van der Waals surface area contributed by atoms with Crippen molar-refractivity contribution in [2.24, 2.45) is 17.3 Å². The average Bonchev–Trinajstić information content (AvgIpc) is 3.36. The molecule has 1 aromatic heterocycles. The van der Waals surface area contributed by atoms with Crippen molar-refractivity contribution in [2.45, 2.75) is 117 Å². The Bertz CT molecular complexity index is 1960. The number of ether oxygens (including phenoxy) is 7. The summed E-state index contributed by atoms with van der Waals surface area (Å²) >= 11 is 0. The summed E-state index contributed by atoms with van der Waals surface area (Å²) < 4.78 is 41.7.